The molecule has 0 bridgehead atoms. The molecule has 1 unspecified atom stereocenters. The standard InChI is InChI=1S/C14H19BrN2O2/c1-16-14(18)13-6-3-7-17(13)8-9-19-12-5-2-4-11(15)10-12/h2,4-5,10,13H,3,6-9H2,1H3,(H,16,18). The van der Waals surface area contributed by atoms with Crippen LogP contribution >= 0.6 is 15.9 Å². The van der Waals surface area contributed by atoms with Gasteiger partial charge in [0.15, 0.2) is 0 Å². The van der Waals surface area contributed by atoms with E-state index in [2.05, 4.69) is 26.1 Å². The molecule has 1 N–H and O–H groups in total. The minimum atomic E-state index is 0.0103. The summed E-state index contributed by atoms with van der Waals surface area (Å²) in [5.74, 6) is 0.963. The van der Waals surface area contributed by atoms with Gasteiger partial charge in [-0.15, -0.1) is 0 Å². The lowest BCUT2D eigenvalue weighted by molar-refractivity contribution is -0.125. The first-order valence-electron chi connectivity index (χ1n) is 6.54. The van der Waals surface area contributed by atoms with Gasteiger partial charge in [-0.2, -0.15) is 0 Å². The smallest absolute Gasteiger partial charge is 0.237 e. The van der Waals surface area contributed by atoms with Gasteiger partial charge in [-0.1, -0.05) is 22.0 Å². The first-order valence-corrected chi connectivity index (χ1v) is 7.34. The number of likely N-dealkylation sites (N-methyl/N-ethyl adjacent to an activating group) is 1. The maximum atomic E-state index is 11.7. The number of rotatable bonds is 5. The Morgan fingerprint density at radius 1 is 1.58 bits per heavy atom. The number of ether oxygens (including phenoxy) is 1. The second-order valence-electron chi connectivity index (χ2n) is 4.61. The largest absolute Gasteiger partial charge is 0.492 e. The molecule has 1 heterocycles. The Labute approximate surface area is 122 Å². The predicted molar refractivity (Wildman–Crippen MR) is 78.3 cm³/mol. The molecule has 4 nitrogen and oxygen atoms in total. The number of nitrogens with zero attached hydrogens (tertiary/aromatic N) is 1. The van der Waals surface area contributed by atoms with Crippen molar-refractivity contribution in [3.05, 3.63) is 28.7 Å². The Hall–Kier alpha value is -1.07. The highest BCUT2D eigenvalue weighted by atomic mass is 79.9. The molecule has 1 aromatic rings. The summed E-state index contributed by atoms with van der Waals surface area (Å²) >= 11 is 3.41. The third kappa shape index (κ3) is 3.94. The van der Waals surface area contributed by atoms with Gasteiger partial charge in [0.1, 0.15) is 12.4 Å². The van der Waals surface area contributed by atoms with E-state index in [1.54, 1.807) is 7.05 Å². The quantitative estimate of drug-likeness (QED) is 0.900. The van der Waals surface area contributed by atoms with Gasteiger partial charge in [0.2, 0.25) is 5.91 Å². The van der Waals surface area contributed by atoms with Crippen LogP contribution in [-0.2, 0) is 4.79 Å². The van der Waals surface area contributed by atoms with Gasteiger partial charge in [0, 0.05) is 18.1 Å². The molecule has 1 aliphatic heterocycles. The molecule has 1 atom stereocenters. The normalized spacial score (nSPS) is 19.4. The minimum Gasteiger partial charge on any atom is -0.492 e. The van der Waals surface area contributed by atoms with Gasteiger partial charge < -0.3 is 10.1 Å². The maximum Gasteiger partial charge on any atom is 0.237 e. The molecule has 0 saturated carbocycles. The number of hydrogen-bond acceptors (Lipinski definition) is 3. The molecule has 1 amide bonds. The summed E-state index contributed by atoms with van der Waals surface area (Å²) in [4.78, 5) is 13.9. The van der Waals surface area contributed by atoms with E-state index in [-0.39, 0.29) is 11.9 Å². The van der Waals surface area contributed by atoms with Crippen molar-refractivity contribution < 1.29 is 9.53 Å². The fourth-order valence-electron chi connectivity index (χ4n) is 2.39. The number of likely N-dealkylation sites (tertiary alicyclic amines) is 1. The summed E-state index contributed by atoms with van der Waals surface area (Å²) in [6.45, 7) is 2.36. The highest BCUT2D eigenvalue weighted by Gasteiger charge is 2.29. The summed E-state index contributed by atoms with van der Waals surface area (Å²) in [6, 6.07) is 7.80. The lowest BCUT2D eigenvalue weighted by Gasteiger charge is -2.22. The lowest BCUT2D eigenvalue weighted by atomic mass is 10.2. The molecule has 5 heteroatoms. The molecule has 19 heavy (non-hydrogen) atoms. The Morgan fingerprint density at radius 3 is 3.16 bits per heavy atom. The van der Waals surface area contributed by atoms with E-state index in [1.807, 2.05) is 24.3 Å². The van der Waals surface area contributed by atoms with Crippen LogP contribution in [0.25, 0.3) is 0 Å². The van der Waals surface area contributed by atoms with Crippen LogP contribution in [0.15, 0.2) is 28.7 Å². The summed E-state index contributed by atoms with van der Waals surface area (Å²) < 4.78 is 6.72. The van der Waals surface area contributed by atoms with Crippen molar-refractivity contribution in [1.29, 1.82) is 0 Å². The van der Waals surface area contributed by atoms with Crippen LogP contribution in [0.3, 0.4) is 0 Å². The first-order chi connectivity index (χ1) is 9.20. The monoisotopic (exact) mass is 326 g/mol. The van der Waals surface area contributed by atoms with E-state index in [9.17, 15) is 4.79 Å². The van der Waals surface area contributed by atoms with Crippen LogP contribution in [0.5, 0.6) is 5.75 Å². The van der Waals surface area contributed by atoms with E-state index in [1.165, 1.54) is 0 Å². The summed E-state index contributed by atoms with van der Waals surface area (Å²) in [7, 11) is 1.69. The van der Waals surface area contributed by atoms with Crippen molar-refractivity contribution in [3.63, 3.8) is 0 Å². The number of benzene rings is 1. The van der Waals surface area contributed by atoms with Crippen LogP contribution in [-0.4, -0.2) is 43.6 Å². The first kappa shape index (κ1) is 14.3. The van der Waals surface area contributed by atoms with E-state index in [4.69, 9.17) is 4.74 Å². The lowest BCUT2D eigenvalue weighted by Crippen LogP contribution is -2.43. The number of carbonyl (C=O) groups is 1. The average Bonchev–Trinajstić information content (AvgIpc) is 2.86. The zero-order valence-corrected chi connectivity index (χ0v) is 12.6. The highest BCUT2D eigenvalue weighted by Crippen LogP contribution is 2.19. The fourth-order valence-corrected chi connectivity index (χ4v) is 2.77. The fraction of sp³-hybridized carbons (Fsp3) is 0.500. The zero-order valence-electron chi connectivity index (χ0n) is 11.1. The van der Waals surface area contributed by atoms with Crippen molar-refractivity contribution >= 4 is 21.8 Å². The van der Waals surface area contributed by atoms with Gasteiger partial charge in [-0.25, -0.2) is 0 Å². The van der Waals surface area contributed by atoms with Gasteiger partial charge in [0.25, 0.3) is 0 Å². The van der Waals surface area contributed by atoms with Crippen LogP contribution in [0.2, 0.25) is 0 Å². The number of carbonyl (C=O) groups excluding carboxylic acids is 1. The van der Waals surface area contributed by atoms with Crippen LogP contribution in [0.1, 0.15) is 12.8 Å². The van der Waals surface area contributed by atoms with Crippen LogP contribution in [0.4, 0.5) is 0 Å². The van der Waals surface area contributed by atoms with Crippen molar-refractivity contribution in [3.8, 4) is 5.75 Å². The Kier molecular flexibility index (Phi) is 5.22. The van der Waals surface area contributed by atoms with Crippen molar-refractivity contribution in [2.24, 2.45) is 0 Å². The molecular weight excluding hydrogens is 308 g/mol. The molecule has 1 aliphatic rings. The number of nitrogens with one attached hydrogen (secondary N) is 1. The van der Waals surface area contributed by atoms with E-state index >= 15 is 0 Å². The highest BCUT2D eigenvalue weighted by molar-refractivity contribution is 9.10. The van der Waals surface area contributed by atoms with E-state index < -0.39 is 0 Å². The molecule has 1 fully saturated rings. The predicted octanol–water partition coefficient (Wildman–Crippen LogP) is 2.04. The maximum absolute atomic E-state index is 11.7. The van der Waals surface area contributed by atoms with Gasteiger partial charge in [-0.05, 0) is 37.6 Å². The summed E-state index contributed by atoms with van der Waals surface area (Å²) in [5, 5.41) is 2.72. The third-order valence-corrected chi connectivity index (χ3v) is 3.85. The number of hydrogen-bond donors (Lipinski definition) is 1. The average molecular weight is 327 g/mol. The summed E-state index contributed by atoms with van der Waals surface area (Å²) in [5.41, 5.74) is 0. The molecule has 0 spiro atoms. The molecule has 0 radical (unpaired) electrons. The molecule has 104 valence electrons. The second kappa shape index (κ2) is 6.91. The van der Waals surface area contributed by atoms with Gasteiger partial charge in [0.05, 0.1) is 6.04 Å². The SMILES string of the molecule is CNC(=O)C1CCCN1CCOc1cccc(Br)c1. The Morgan fingerprint density at radius 2 is 2.42 bits per heavy atom. The van der Waals surface area contributed by atoms with E-state index in [0.29, 0.717) is 6.61 Å². The topological polar surface area (TPSA) is 41.6 Å². The zero-order chi connectivity index (χ0) is 13.7. The van der Waals surface area contributed by atoms with Gasteiger partial charge >= 0.3 is 0 Å². The van der Waals surface area contributed by atoms with Gasteiger partial charge in [-0.3, -0.25) is 9.69 Å². The van der Waals surface area contributed by atoms with Crippen molar-refractivity contribution in [2.75, 3.05) is 26.7 Å². The number of amides is 1. The summed E-state index contributed by atoms with van der Waals surface area (Å²) in [6.07, 6.45) is 2.02. The molecule has 2 rings (SSSR count). The molecule has 0 aliphatic carbocycles. The van der Waals surface area contributed by atoms with Crippen molar-refractivity contribution in [1.82, 2.24) is 10.2 Å². The molecular formula is C14H19BrN2O2. The van der Waals surface area contributed by atoms with Crippen molar-refractivity contribution in [2.45, 2.75) is 18.9 Å². The Bertz CT molecular complexity index is 439. The molecule has 0 aromatic heterocycles. The second-order valence-corrected chi connectivity index (χ2v) is 5.53. The Balaban J connectivity index is 1.80. The van der Waals surface area contributed by atoms with Crippen LogP contribution in [0, 0.1) is 0 Å². The third-order valence-electron chi connectivity index (χ3n) is 3.36. The van der Waals surface area contributed by atoms with Crippen LogP contribution < -0.4 is 10.1 Å². The molecule has 1 saturated heterocycles. The minimum absolute atomic E-state index is 0.0103. The molecule has 1 aromatic carbocycles. The number of halogens is 1. The van der Waals surface area contributed by atoms with E-state index in [0.717, 1.165) is 36.2 Å².